The van der Waals surface area contributed by atoms with Crippen LogP contribution in [-0.2, 0) is 6.18 Å². The van der Waals surface area contributed by atoms with Crippen molar-refractivity contribution in [2.75, 3.05) is 0 Å². The fourth-order valence-corrected chi connectivity index (χ4v) is 2.40. The van der Waals surface area contributed by atoms with Crippen LogP contribution in [0.4, 0.5) is 17.6 Å². The number of aldehydes is 1. The van der Waals surface area contributed by atoms with Crippen molar-refractivity contribution < 1.29 is 22.4 Å². The van der Waals surface area contributed by atoms with E-state index in [1.807, 2.05) is 0 Å². The molecule has 0 saturated heterocycles. The first-order chi connectivity index (χ1) is 10.4. The standard InChI is InChI=1S/C16H9F4NO/c17-12-4-5-15-10(6-12)7-14(9-22)21(15)13-3-1-2-11(8-13)16(18,19)20/h1-9H. The van der Waals surface area contributed by atoms with Gasteiger partial charge in [0.15, 0.2) is 6.29 Å². The van der Waals surface area contributed by atoms with E-state index in [-0.39, 0.29) is 11.4 Å². The Morgan fingerprint density at radius 1 is 1.00 bits per heavy atom. The zero-order valence-electron chi connectivity index (χ0n) is 11.1. The van der Waals surface area contributed by atoms with Crippen LogP contribution >= 0.6 is 0 Å². The molecular weight excluding hydrogens is 298 g/mol. The number of aromatic nitrogens is 1. The lowest BCUT2D eigenvalue weighted by molar-refractivity contribution is -0.137. The fraction of sp³-hybridized carbons (Fsp3) is 0.0625. The van der Waals surface area contributed by atoms with E-state index in [1.54, 1.807) is 0 Å². The lowest BCUT2D eigenvalue weighted by Crippen LogP contribution is -2.07. The Bertz CT molecular complexity index is 864. The summed E-state index contributed by atoms with van der Waals surface area (Å²) in [5.41, 5.74) is -0.00732. The third-order valence-electron chi connectivity index (χ3n) is 3.34. The Kier molecular flexibility index (Phi) is 3.24. The largest absolute Gasteiger partial charge is 0.416 e. The summed E-state index contributed by atoms with van der Waals surface area (Å²) in [6, 6.07) is 9.93. The first-order valence-corrected chi connectivity index (χ1v) is 6.34. The van der Waals surface area contributed by atoms with E-state index in [4.69, 9.17) is 0 Å². The zero-order chi connectivity index (χ0) is 15.9. The molecule has 0 aliphatic carbocycles. The Morgan fingerprint density at radius 3 is 2.45 bits per heavy atom. The SMILES string of the molecule is O=Cc1cc2cc(F)ccc2n1-c1cccc(C(F)(F)F)c1. The van der Waals surface area contributed by atoms with Crippen molar-refractivity contribution in [1.29, 1.82) is 0 Å². The number of rotatable bonds is 2. The second-order valence-electron chi connectivity index (χ2n) is 4.77. The van der Waals surface area contributed by atoms with Crippen LogP contribution in [0.3, 0.4) is 0 Å². The first kappa shape index (κ1) is 14.3. The molecule has 0 fully saturated rings. The van der Waals surface area contributed by atoms with Gasteiger partial charge in [-0.2, -0.15) is 13.2 Å². The van der Waals surface area contributed by atoms with Gasteiger partial charge >= 0.3 is 6.18 Å². The second kappa shape index (κ2) is 4.98. The predicted molar refractivity (Wildman–Crippen MR) is 73.6 cm³/mol. The molecule has 2 aromatic carbocycles. The molecule has 0 N–H and O–H groups in total. The number of fused-ring (bicyclic) bond motifs is 1. The monoisotopic (exact) mass is 307 g/mol. The Hall–Kier alpha value is -2.63. The van der Waals surface area contributed by atoms with Crippen molar-refractivity contribution in [2.24, 2.45) is 0 Å². The third kappa shape index (κ3) is 2.36. The number of halogens is 4. The molecule has 1 heterocycles. The average molecular weight is 307 g/mol. The van der Waals surface area contributed by atoms with Crippen molar-refractivity contribution in [3.05, 3.63) is 65.6 Å². The van der Waals surface area contributed by atoms with Crippen molar-refractivity contribution in [1.82, 2.24) is 4.57 Å². The Labute approximate surface area is 122 Å². The van der Waals surface area contributed by atoms with E-state index < -0.39 is 17.6 Å². The van der Waals surface area contributed by atoms with Crippen LogP contribution in [0.25, 0.3) is 16.6 Å². The minimum Gasteiger partial charge on any atom is -0.307 e. The topological polar surface area (TPSA) is 22.0 Å². The number of carbonyl (C=O) groups is 1. The van der Waals surface area contributed by atoms with Crippen LogP contribution in [0.15, 0.2) is 48.5 Å². The van der Waals surface area contributed by atoms with Crippen molar-refractivity contribution in [3.63, 3.8) is 0 Å². The van der Waals surface area contributed by atoms with E-state index in [9.17, 15) is 22.4 Å². The summed E-state index contributed by atoms with van der Waals surface area (Å²) in [6.45, 7) is 0. The van der Waals surface area contributed by atoms with Gasteiger partial charge in [-0.3, -0.25) is 4.79 Å². The summed E-state index contributed by atoms with van der Waals surface area (Å²) >= 11 is 0. The number of benzene rings is 2. The van der Waals surface area contributed by atoms with Gasteiger partial charge in [-0.15, -0.1) is 0 Å². The highest BCUT2D eigenvalue weighted by Gasteiger charge is 2.30. The van der Waals surface area contributed by atoms with Gasteiger partial charge in [0.2, 0.25) is 0 Å². The minimum absolute atomic E-state index is 0.153. The van der Waals surface area contributed by atoms with Gasteiger partial charge in [0.05, 0.1) is 16.8 Å². The molecule has 22 heavy (non-hydrogen) atoms. The van der Waals surface area contributed by atoms with Gasteiger partial charge in [0.1, 0.15) is 5.82 Å². The molecule has 0 aliphatic rings. The van der Waals surface area contributed by atoms with Gasteiger partial charge in [-0.05, 0) is 42.5 Å². The maximum atomic E-state index is 13.3. The van der Waals surface area contributed by atoms with Gasteiger partial charge in [-0.25, -0.2) is 4.39 Å². The lowest BCUT2D eigenvalue weighted by Gasteiger charge is -2.11. The summed E-state index contributed by atoms with van der Waals surface area (Å²) in [5.74, 6) is -0.480. The molecular formula is C16H9F4NO. The maximum Gasteiger partial charge on any atom is 0.416 e. The third-order valence-corrected chi connectivity index (χ3v) is 3.34. The zero-order valence-corrected chi connectivity index (χ0v) is 11.1. The van der Waals surface area contributed by atoms with E-state index in [0.29, 0.717) is 17.2 Å². The van der Waals surface area contributed by atoms with Crippen LogP contribution in [0.2, 0.25) is 0 Å². The molecule has 2 nitrogen and oxygen atoms in total. The summed E-state index contributed by atoms with van der Waals surface area (Å²) < 4.78 is 53.1. The van der Waals surface area contributed by atoms with E-state index in [0.717, 1.165) is 12.1 Å². The summed E-state index contributed by atoms with van der Waals surface area (Å²) in [7, 11) is 0. The average Bonchev–Trinajstić information content (AvgIpc) is 2.84. The molecule has 3 rings (SSSR count). The Morgan fingerprint density at radius 2 is 1.77 bits per heavy atom. The number of hydrogen-bond donors (Lipinski definition) is 0. The predicted octanol–water partition coefficient (Wildman–Crippen LogP) is 4.60. The molecule has 0 unspecified atom stereocenters. The number of hydrogen-bond acceptors (Lipinski definition) is 1. The van der Waals surface area contributed by atoms with E-state index in [1.165, 1.54) is 41.0 Å². The normalized spacial score (nSPS) is 11.8. The molecule has 0 radical (unpaired) electrons. The van der Waals surface area contributed by atoms with Crippen molar-refractivity contribution in [2.45, 2.75) is 6.18 Å². The van der Waals surface area contributed by atoms with E-state index >= 15 is 0 Å². The van der Waals surface area contributed by atoms with Crippen LogP contribution < -0.4 is 0 Å². The van der Waals surface area contributed by atoms with Gasteiger partial charge in [-0.1, -0.05) is 6.07 Å². The molecule has 0 atom stereocenters. The van der Waals surface area contributed by atoms with Crippen LogP contribution in [0.1, 0.15) is 16.1 Å². The summed E-state index contributed by atoms with van der Waals surface area (Å²) in [5, 5.41) is 0.444. The van der Waals surface area contributed by atoms with Gasteiger partial charge in [0, 0.05) is 11.1 Å². The smallest absolute Gasteiger partial charge is 0.307 e. The highest BCUT2D eigenvalue weighted by Crippen LogP contribution is 2.32. The molecule has 3 aromatic rings. The Balaban J connectivity index is 2.28. The number of alkyl halides is 3. The summed E-state index contributed by atoms with van der Waals surface area (Å²) in [6.07, 6.45) is -3.95. The highest BCUT2D eigenvalue weighted by molar-refractivity contribution is 5.90. The van der Waals surface area contributed by atoms with E-state index in [2.05, 4.69) is 0 Å². The second-order valence-corrected chi connectivity index (χ2v) is 4.77. The van der Waals surface area contributed by atoms with Crippen molar-refractivity contribution >= 4 is 17.2 Å². The minimum atomic E-state index is -4.48. The number of nitrogens with zero attached hydrogens (tertiary/aromatic N) is 1. The molecule has 0 aliphatic heterocycles. The lowest BCUT2D eigenvalue weighted by atomic mass is 10.2. The quantitative estimate of drug-likeness (QED) is 0.501. The number of carbonyl (C=O) groups excluding carboxylic acids is 1. The fourth-order valence-electron chi connectivity index (χ4n) is 2.40. The van der Waals surface area contributed by atoms with Crippen LogP contribution in [0, 0.1) is 5.82 Å². The molecule has 112 valence electrons. The summed E-state index contributed by atoms with van der Waals surface area (Å²) in [4.78, 5) is 11.2. The van der Waals surface area contributed by atoms with Crippen LogP contribution in [0.5, 0.6) is 0 Å². The first-order valence-electron chi connectivity index (χ1n) is 6.34. The molecule has 1 aromatic heterocycles. The maximum absolute atomic E-state index is 13.3. The van der Waals surface area contributed by atoms with Crippen molar-refractivity contribution in [3.8, 4) is 5.69 Å². The molecule has 0 spiro atoms. The highest BCUT2D eigenvalue weighted by atomic mass is 19.4. The molecule has 0 amide bonds. The molecule has 6 heteroatoms. The van der Waals surface area contributed by atoms with Gasteiger partial charge in [0.25, 0.3) is 0 Å². The van der Waals surface area contributed by atoms with Crippen LogP contribution in [-0.4, -0.2) is 10.9 Å². The molecule has 0 saturated carbocycles. The molecule has 0 bridgehead atoms. The van der Waals surface area contributed by atoms with Gasteiger partial charge < -0.3 is 4.57 Å².